The van der Waals surface area contributed by atoms with Crippen molar-refractivity contribution in [2.45, 2.75) is 32.7 Å². The molecule has 0 radical (unpaired) electrons. The third-order valence-corrected chi connectivity index (χ3v) is 4.31. The third-order valence-electron chi connectivity index (χ3n) is 3.32. The number of hydrogen-bond acceptors (Lipinski definition) is 6. The number of aliphatic hydroxyl groups is 1. The van der Waals surface area contributed by atoms with Gasteiger partial charge in [0.2, 0.25) is 0 Å². The van der Waals surface area contributed by atoms with E-state index in [4.69, 9.17) is 5.73 Å². The predicted octanol–water partition coefficient (Wildman–Crippen LogP) is 1.39. The van der Waals surface area contributed by atoms with Gasteiger partial charge in [-0.2, -0.15) is 0 Å². The number of anilines is 2. The lowest BCUT2D eigenvalue weighted by Gasteiger charge is -2.31. The first-order valence-corrected chi connectivity index (χ1v) is 7.76. The minimum atomic E-state index is -0.0741. The van der Waals surface area contributed by atoms with Crippen LogP contribution in [0.2, 0.25) is 0 Å². The molecule has 6 nitrogen and oxygen atoms in total. The molecular weight excluding hydrogens is 276 g/mol. The van der Waals surface area contributed by atoms with Gasteiger partial charge in [-0.1, -0.05) is 11.3 Å². The number of carbonyl (C=O) groups excluding carboxylic acids is 1. The maximum Gasteiger partial charge on any atom is 0.267 e. The second kappa shape index (κ2) is 6.41. The zero-order valence-electron chi connectivity index (χ0n) is 11.9. The third kappa shape index (κ3) is 3.40. The van der Waals surface area contributed by atoms with E-state index in [1.807, 2.05) is 13.8 Å². The minimum absolute atomic E-state index is 0.0741. The maximum absolute atomic E-state index is 12.5. The summed E-state index contributed by atoms with van der Waals surface area (Å²) in [5.41, 5.74) is 5.85. The van der Waals surface area contributed by atoms with Gasteiger partial charge in [-0.05, 0) is 32.6 Å². The number of aromatic nitrogens is 1. The normalized spacial score (nSPS) is 19.4. The summed E-state index contributed by atoms with van der Waals surface area (Å²) >= 11 is 1.30. The van der Waals surface area contributed by atoms with Crippen LogP contribution in [0, 0.1) is 5.92 Å². The molecule has 0 spiro atoms. The molecule has 0 aromatic carbocycles. The predicted molar refractivity (Wildman–Crippen MR) is 81.0 cm³/mol. The smallest absolute Gasteiger partial charge is 0.267 e. The number of nitrogens with two attached hydrogens (primary N) is 1. The first-order chi connectivity index (χ1) is 9.51. The lowest BCUT2D eigenvalue weighted by Crippen LogP contribution is -2.40. The fraction of sp³-hybridized carbons (Fsp3) is 0.692. The van der Waals surface area contributed by atoms with Gasteiger partial charge < -0.3 is 21.1 Å². The molecule has 7 heteroatoms. The molecule has 1 aromatic heterocycles. The van der Waals surface area contributed by atoms with Gasteiger partial charge in [-0.3, -0.25) is 4.79 Å². The molecule has 1 amide bonds. The molecule has 1 aliphatic heterocycles. The first kappa shape index (κ1) is 15.1. The van der Waals surface area contributed by atoms with Crippen LogP contribution in [0.3, 0.4) is 0 Å². The second-order valence-corrected chi connectivity index (χ2v) is 6.47. The van der Waals surface area contributed by atoms with Crippen molar-refractivity contribution in [3.05, 3.63) is 4.88 Å². The summed E-state index contributed by atoms with van der Waals surface area (Å²) in [6.45, 7) is 5.46. The Bertz CT molecular complexity index is 475. The number of likely N-dealkylation sites (tertiary alicyclic amines) is 1. The van der Waals surface area contributed by atoms with E-state index >= 15 is 0 Å². The first-order valence-electron chi connectivity index (χ1n) is 6.94. The van der Waals surface area contributed by atoms with Crippen molar-refractivity contribution in [2.75, 3.05) is 30.7 Å². The minimum Gasteiger partial charge on any atom is -0.396 e. The average molecular weight is 298 g/mol. The van der Waals surface area contributed by atoms with Gasteiger partial charge in [0.25, 0.3) is 5.91 Å². The van der Waals surface area contributed by atoms with Gasteiger partial charge in [-0.25, -0.2) is 4.98 Å². The van der Waals surface area contributed by atoms with E-state index < -0.39 is 0 Å². The number of nitrogens with zero attached hydrogens (tertiary/aromatic N) is 2. The molecule has 0 aliphatic carbocycles. The number of piperidine rings is 1. The summed E-state index contributed by atoms with van der Waals surface area (Å²) in [5.74, 6) is 0.388. The van der Waals surface area contributed by atoms with Crippen LogP contribution in [0.4, 0.5) is 10.9 Å². The molecule has 1 aliphatic rings. The quantitative estimate of drug-likeness (QED) is 0.781. The molecule has 1 saturated heterocycles. The zero-order chi connectivity index (χ0) is 14.7. The van der Waals surface area contributed by atoms with Crippen molar-refractivity contribution >= 4 is 28.2 Å². The summed E-state index contributed by atoms with van der Waals surface area (Å²) in [6, 6.07) is 0.247. The fourth-order valence-electron chi connectivity index (χ4n) is 2.34. The molecule has 1 atom stereocenters. The van der Waals surface area contributed by atoms with E-state index in [2.05, 4.69) is 10.3 Å². The summed E-state index contributed by atoms with van der Waals surface area (Å²) in [7, 11) is 0. The monoisotopic (exact) mass is 298 g/mol. The maximum atomic E-state index is 12.5. The Morgan fingerprint density at radius 1 is 1.65 bits per heavy atom. The van der Waals surface area contributed by atoms with Crippen molar-refractivity contribution in [2.24, 2.45) is 5.92 Å². The summed E-state index contributed by atoms with van der Waals surface area (Å²) in [4.78, 5) is 18.9. The van der Waals surface area contributed by atoms with E-state index in [-0.39, 0.29) is 30.3 Å². The number of aliphatic hydroxyl groups excluding tert-OH is 1. The van der Waals surface area contributed by atoms with Crippen LogP contribution in [-0.2, 0) is 0 Å². The van der Waals surface area contributed by atoms with E-state index in [1.165, 1.54) is 11.3 Å². The molecule has 2 heterocycles. The van der Waals surface area contributed by atoms with E-state index in [9.17, 15) is 9.90 Å². The van der Waals surface area contributed by atoms with Crippen molar-refractivity contribution in [1.82, 2.24) is 9.88 Å². The lowest BCUT2D eigenvalue weighted by atomic mass is 9.99. The molecule has 112 valence electrons. The Hall–Kier alpha value is -1.34. The van der Waals surface area contributed by atoms with Crippen LogP contribution in [0.1, 0.15) is 36.4 Å². The molecule has 1 fully saturated rings. The largest absolute Gasteiger partial charge is 0.396 e. The van der Waals surface area contributed by atoms with Crippen LogP contribution < -0.4 is 11.1 Å². The number of nitrogens with one attached hydrogen (secondary N) is 1. The molecule has 1 aromatic rings. The number of nitrogen functional groups attached to an aromatic ring is 1. The number of hydrogen-bond donors (Lipinski definition) is 3. The number of rotatable bonds is 4. The number of carbonyl (C=O) groups is 1. The van der Waals surface area contributed by atoms with Crippen molar-refractivity contribution < 1.29 is 9.90 Å². The molecule has 2 rings (SSSR count). The van der Waals surface area contributed by atoms with Crippen LogP contribution in [0.5, 0.6) is 0 Å². The van der Waals surface area contributed by atoms with E-state index in [0.717, 1.165) is 19.4 Å². The Morgan fingerprint density at radius 2 is 2.40 bits per heavy atom. The van der Waals surface area contributed by atoms with Gasteiger partial charge in [0, 0.05) is 25.7 Å². The van der Waals surface area contributed by atoms with Crippen molar-refractivity contribution in [3.8, 4) is 0 Å². The lowest BCUT2D eigenvalue weighted by molar-refractivity contribution is 0.0626. The molecule has 1 unspecified atom stereocenters. The molecule has 4 N–H and O–H groups in total. The Balaban J connectivity index is 2.10. The second-order valence-electron chi connectivity index (χ2n) is 5.47. The van der Waals surface area contributed by atoms with Crippen LogP contribution in [-0.4, -0.2) is 46.6 Å². The SMILES string of the molecule is CC(C)Nc1nc(N)c(C(=O)N2CCCC(CO)C2)s1. The van der Waals surface area contributed by atoms with Gasteiger partial charge in [0.1, 0.15) is 10.7 Å². The van der Waals surface area contributed by atoms with Gasteiger partial charge in [0.15, 0.2) is 5.13 Å². The summed E-state index contributed by atoms with van der Waals surface area (Å²) in [6.07, 6.45) is 1.89. The fourth-order valence-corrected chi connectivity index (χ4v) is 3.33. The topological polar surface area (TPSA) is 91.5 Å². The molecule has 0 saturated carbocycles. The van der Waals surface area contributed by atoms with E-state index in [0.29, 0.717) is 16.6 Å². The Kier molecular flexibility index (Phi) is 4.82. The number of amides is 1. The van der Waals surface area contributed by atoms with Crippen LogP contribution in [0.25, 0.3) is 0 Å². The highest BCUT2D eigenvalue weighted by molar-refractivity contribution is 7.18. The standard InChI is InChI=1S/C13H22N4O2S/c1-8(2)15-13-16-11(14)10(20-13)12(19)17-5-3-4-9(6-17)7-18/h8-9,18H,3-7,14H2,1-2H3,(H,15,16). The number of thiazole rings is 1. The zero-order valence-corrected chi connectivity index (χ0v) is 12.7. The summed E-state index contributed by atoms with van der Waals surface area (Å²) < 4.78 is 0. The van der Waals surface area contributed by atoms with Gasteiger partial charge in [0.05, 0.1) is 0 Å². The van der Waals surface area contributed by atoms with Gasteiger partial charge in [-0.15, -0.1) is 0 Å². The van der Waals surface area contributed by atoms with E-state index in [1.54, 1.807) is 4.90 Å². The van der Waals surface area contributed by atoms with Crippen molar-refractivity contribution in [3.63, 3.8) is 0 Å². The molecular formula is C13H22N4O2S. The van der Waals surface area contributed by atoms with Gasteiger partial charge >= 0.3 is 0 Å². The molecule has 0 bridgehead atoms. The summed E-state index contributed by atoms with van der Waals surface area (Å²) in [5, 5.41) is 13.1. The molecule has 20 heavy (non-hydrogen) atoms. The van der Waals surface area contributed by atoms with Crippen LogP contribution >= 0.6 is 11.3 Å². The van der Waals surface area contributed by atoms with Crippen molar-refractivity contribution in [1.29, 1.82) is 0 Å². The highest BCUT2D eigenvalue weighted by atomic mass is 32.1. The average Bonchev–Trinajstić information content (AvgIpc) is 2.77. The Morgan fingerprint density at radius 3 is 3.05 bits per heavy atom. The Labute approximate surface area is 123 Å². The highest BCUT2D eigenvalue weighted by Crippen LogP contribution is 2.28. The van der Waals surface area contributed by atoms with Crippen LogP contribution in [0.15, 0.2) is 0 Å². The highest BCUT2D eigenvalue weighted by Gasteiger charge is 2.27.